The summed E-state index contributed by atoms with van der Waals surface area (Å²) in [6, 6.07) is 59.8. The second-order valence-corrected chi connectivity index (χ2v) is 16.4. The van der Waals surface area contributed by atoms with E-state index in [-0.39, 0.29) is 26.5 Å². The van der Waals surface area contributed by atoms with Crippen LogP contribution in [0.5, 0.6) is 11.5 Å². The summed E-state index contributed by atoms with van der Waals surface area (Å²) in [7, 11) is 0. The number of ether oxygens (including phenoxy) is 1. The molecular formula is C54H36N4O2Pt-2. The minimum Gasteiger partial charge on any atom is -0.510 e. The molecule has 0 unspecified atom stereocenters. The summed E-state index contributed by atoms with van der Waals surface area (Å²) in [4.78, 5) is 4.91. The minimum absolute atomic E-state index is 0. The molecule has 7 aromatic carbocycles. The van der Waals surface area contributed by atoms with Crippen LogP contribution in [0.4, 0.5) is 0 Å². The number of pyridine rings is 1. The van der Waals surface area contributed by atoms with Crippen molar-refractivity contribution in [3.05, 3.63) is 188 Å². The zero-order valence-corrected chi connectivity index (χ0v) is 35.8. The number of furan rings is 1. The van der Waals surface area contributed by atoms with Gasteiger partial charge in [0.1, 0.15) is 17.0 Å². The Morgan fingerprint density at radius 1 is 0.639 bits per heavy atom. The molecule has 61 heavy (non-hydrogen) atoms. The molecule has 7 heteroatoms. The van der Waals surface area contributed by atoms with Crippen LogP contribution in [0, 0.1) is 18.5 Å². The molecule has 0 atom stereocenters. The molecule has 0 bridgehead atoms. The third-order valence-corrected chi connectivity index (χ3v) is 11.8. The van der Waals surface area contributed by atoms with Crippen LogP contribution < -0.4 is 9.30 Å². The van der Waals surface area contributed by atoms with Gasteiger partial charge in [0.2, 0.25) is 0 Å². The van der Waals surface area contributed by atoms with Gasteiger partial charge < -0.3 is 18.3 Å². The smallest absolute Gasteiger partial charge is 0.267 e. The second-order valence-electron chi connectivity index (χ2n) is 16.4. The average Bonchev–Trinajstić information content (AvgIpc) is 3.98. The molecule has 0 amide bonds. The fourth-order valence-corrected chi connectivity index (χ4v) is 8.90. The van der Waals surface area contributed by atoms with E-state index in [9.17, 15) is 0 Å². The van der Waals surface area contributed by atoms with Crippen molar-refractivity contribution in [1.82, 2.24) is 14.1 Å². The molecule has 0 radical (unpaired) electrons. The van der Waals surface area contributed by atoms with Crippen LogP contribution in [0.2, 0.25) is 0 Å². The van der Waals surface area contributed by atoms with Crippen molar-refractivity contribution < 1.29 is 34.8 Å². The summed E-state index contributed by atoms with van der Waals surface area (Å²) < 4.78 is 19.6. The molecule has 1 aliphatic rings. The molecule has 0 spiro atoms. The largest absolute Gasteiger partial charge is 0.510 e. The van der Waals surface area contributed by atoms with Crippen molar-refractivity contribution in [3.8, 4) is 62.2 Å². The van der Waals surface area contributed by atoms with Gasteiger partial charge in [-0.3, -0.25) is 4.57 Å². The van der Waals surface area contributed by atoms with Crippen molar-refractivity contribution in [2.75, 3.05) is 0 Å². The van der Waals surface area contributed by atoms with Gasteiger partial charge in [0, 0.05) is 61.2 Å². The van der Waals surface area contributed by atoms with Gasteiger partial charge in [0.25, 0.3) is 6.33 Å². The van der Waals surface area contributed by atoms with E-state index >= 15 is 0 Å². The van der Waals surface area contributed by atoms with Crippen LogP contribution in [0.1, 0.15) is 26.3 Å². The first kappa shape index (κ1) is 37.0. The van der Waals surface area contributed by atoms with Crippen molar-refractivity contribution in [1.29, 1.82) is 0 Å². The topological polar surface area (TPSA) is 49.0 Å². The number of rotatable bonds is 4. The van der Waals surface area contributed by atoms with E-state index in [4.69, 9.17) is 14.1 Å². The van der Waals surface area contributed by atoms with Crippen LogP contribution in [0.25, 0.3) is 94.4 Å². The van der Waals surface area contributed by atoms with E-state index in [1.807, 2.05) is 47.2 Å². The van der Waals surface area contributed by atoms with E-state index in [0.717, 1.165) is 77.8 Å². The van der Waals surface area contributed by atoms with Gasteiger partial charge in [-0.2, -0.15) is 18.2 Å². The van der Waals surface area contributed by atoms with Gasteiger partial charge in [-0.25, -0.2) is 4.98 Å². The van der Waals surface area contributed by atoms with E-state index in [1.165, 1.54) is 22.3 Å². The van der Waals surface area contributed by atoms with Gasteiger partial charge in [-0.1, -0.05) is 117 Å². The molecule has 0 fully saturated rings. The second kappa shape index (κ2) is 14.0. The van der Waals surface area contributed by atoms with Crippen molar-refractivity contribution >= 4 is 43.7 Å². The maximum absolute atomic E-state index is 6.64. The van der Waals surface area contributed by atoms with E-state index < -0.39 is 0 Å². The molecule has 0 aliphatic carbocycles. The Kier molecular flexibility index (Phi) is 8.52. The SMILES string of the molecule is CC(C)(C)c1ccnc(-n2c3[c-]c(Oc4[c-]c(-n5[c-][n+]6c(c5)-c5ccccc5-c5ccccc5-c5ccccc5-6)ccc4)ccc3c3c4oc5ccccc5c4ccc32)c1.[Pt]. The molecule has 11 aromatic rings. The van der Waals surface area contributed by atoms with E-state index in [1.54, 1.807) is 0 Å². The Morgan fingerprint density at radius 2 is 1.33 bits per heavy atom. The predicted octanol–water partition coefficient (Wildman–Crippen LogP) is 12.9. The van der Waals surface area contributed by atoms with E-state index in [0.29, 0.717) is 11.5 Å². The molecule has 0 saturated carbocycles. The fraction of sp³-hybridized carbons (Fsp3) is 0.0741. The Hall–Kier alpha value is -7.01. The minimum atomic E-state index is -0.0631. The van der Waals surface area contributed by atoms with Gasteiger partial charge in [0.05, 0.1) is 11.4 Å². The quantitative estimate of drug-likeness (QED) is 0.130. The molecule has 12 rings (SSSR count). The Labute approximate surface area is 367 Å². The van der Waals surface area contributed by atoms with Gasteiger partial charge in [-0.05, 0) is 86.3 Å². The number of benzene rings is 7. The van der Waals surface area contributed by atoms with Gasteiger partial charge in [0.15, 0.2) is 0 Å². The third-order valence-electron chi connectivity index (χ3n) is 11.8. The van der Waals surface area contributed by atoms with Crippen LogP contribution in [-0.2, 0) is 26.5 Å². The average molecular weight is 968 g/mol. The Morgan fingerprint density at radius 3 is 2.15 bits per heavy atom. The normalized spacial score (nSPS) is 12.0. The Bertz CT molecular complexity index is 3450. The number of para-hydroxylation sites is 2. The summed E-state index contributed by atoms with van der Waals surface area (Å²) in [5.74, 6) is 1.93. The van der Waals surface area contributed by atoms with Crippen LogP contribution >= 0.6 is 0 Å². The van der Waals surface area contributed by atoms with E-state index in [2.05, 4.69) is 170 Å². The molecular weight excluding hydrogens is 932 g/mol. The number of aromatic nitrogens is 4. The summed E-state index contributed by atoms with van der Waals surface area (Å²) in [5.41, 5.74) is 13.4. The first-order chi connectivity index (χ1) is 29.4. The first-order valence-corrected chi connectivity index (χ1v) is 20.2. The number of imidazole rings is 1. The number of fused-ring (bicyclic) bond motifs is 15. The van der Waals surface area contributed by atoms with Crippen molar-refractivity contribution in [2.45, 2.75) is 26.2 Å². The summed E-state index contributed by atoms with van der Waals surface area (Å²) >= 11 is 0. The predicted molar refractivity (Wildman–Crippen MR) is 238 cm³/mol. The van der Waals surface area contributed by atoms with Crippen molar-refractivity contribution in [2.24, 2.45) is 0 Å². The molecule has 5 heterocycles. The summed E-state index contributed by atoms with van der Waals surface area (Å²) in [5, 5.41) is 4.18. The van der Waals surface area contributed by atoms with Gasteiger partial charge >= 0.3 is 0 Å². The fourth-order valence-electron chi connectivity index (χ4n) is 8.90. The first-order valence-electron chi connectivity index (χ1n) is 20.2. The molecule has 6 nitrogen and oxygen atoms in total. The number of hydrogen-bond acceptors (Lipinski definition) is 3. The molecule has 0 saturated heterocycles. The molecule has 0 N–H and O–H groups in total. The zero-order chi connectivity index (χ0) is 40.1. The Balaban J connectivity index is 0.00000420. The van der Waals surface area contributed by atoms with Gasteiger partial charge in [-0.15, -0.1) is 24.3 Å². The van der Waals surface area contributed by atoms with Crippen LogP contribution in [0.3, 0.4) is 0 Å². The molecule has 4 aromatic heterocycles. The standard InChI is InChI=1S/C54H36N4O2.Pt/c1-54(2,3)34-27-28-55-51(29-34)58-47-26-25-44-43-20-9-11-22-50(43)60-53(44)52(47)45-24-23-37(31-48(45)58)59-36-14-12-13-35(30-36)56-32-49-42-19-7-6-17-40(42)38-15-4-5-16-39(38)41-18-8-10-21-46(41)57(49)33-56;/h4-29,32H,1-3H3;/q-2;. The zero-order valence-electron chi connectivity index (χ0n) is 33.5. The third kappa shape index (κ3) is 5.89. The maximum atomic E-state index is 6.64. The summed E-state index contributed by atoms with van der Waals surface area (Å²) in [6.07, 6.45) is 7.68. The molecule has 1 aliphatic heterocycles. The maximum Gasteiger partial charge on any atom is 0.267 e. The molecule has 296 valence electrons. The number of hydrogen-bond donors (Lipinski definition) is 0. The van der Waals surface area contributed by atoms with Crippen LogP contribution in [-0.4, -0.2) is 14.1 Å². The summed E-state index contributed by atoms with van der Waals surface area (Å²) in [6.45, 7) is 6.66. The number of nitrogens with zero attached hydrogens (tertiary/aromatic N) is 4. The monoisotopic (exact) mass is 967 g/mol. The van der Waals surface area contributed by atoms with Crippen molar-refractivity contribution in [3.63, 3.8) is 0 Å². The van der Waals surface area contributed by atoms with Crippen LogP contribution in [0.15, 0.2) is 168 Å².